The van der Waals surface area contributed by atoms with Crippen LogP contribution in [0.15, 0.2) is 54.6 Å². The third-order valence-electron chi connectivity index (χ3n) is 8.11. The molecular weight excluding hydrogens is 538 g/mol. The summed E-state index contributed by atoms with van der Waals surface area (Å²) in [6, 6.07) is 16.3. The summed E-state index contributed by atoms with van der Waals surface area (Å²) in [6.07, 6.45) is 2.19. The summed E-state index contributed by atoms with van der Waals surface area (Å²) >= 11 is 1.50. The highest BCUT2D eigenvalue weighted by molar-refractivity contribution is 7.99. The standard InChI is InChI=1S/C32H43N3O5S/c1-21(2)41-20-35(19-29(36)33-18-26-12-8-7-9-22(26)3)31(38)30(37)27(16-23-10-5-4-6-11-23)34-32(39)40-28-17-24-13-14-25(28)15-24/h4-12,21,24-25,27-28,30,37H,13-20H2,1-3H3,(H,33,36)(H,34,39)/t24?,25?,27-,28?,30-/m0/s1. The molecule has 2 fully saturated rings. The van der Waals surface area contributed by atoms with Crippen LogP contribution >= 0.6 is 11.8 Å². The van der Waals surface area contributed by atoms with E-state index in [0.717, 1.165) is 36.0 Å². The molecule has 0 radical (unpaired) electrons. The van der Waals surface area contributed by atoms with Crippen LogP contribution in [0.25, 0.3) is 0 Å². The molecule has 41 heavy (non-hydrogen) atoms. The monoisotopic (exact) mass is 581 g/mol. The molecule has 2 aromatic carbocycles. The average molecular weight is 582 g/mol. The number of amides is 3. The number of hydrogen-bond acceptors (Lipinski definition) is 6. The summed E-state index contributed by atoms with van der Waals surface area (Å²) in [5.74, 6) is 0.325. The Morgan fingerprint density at radius 3 is 2.44 bits per heavy atom. The number of nitrogens with zero attached hydrogens (tertiary/aromatic N) is 1. The summed E-state index contributed by atoms with van der Waals surface area (Å²) in [4.78, 5) is 40.9. The van der Waals surface area contributed by atoms with E-state index in [9.17, 15) is 19.5 Å². The van der Waals surface area contributed by atoms with Crippen LogP contribution in [0.1, 0.15) is 56.2 Å². The molecule has 0 heterocycles. The summed E-state index contributed by atoms with van der Waals surface area (Å²) in [6.45, 7) is 6.14. The van der Waals surface area contributed by atoms with E-state index in [2.05, 4.69) is 10.6 Å². The van der Waals surface area contributed by atoms with Crippen molar-refractivity contribution < 1.29 is 24.2 Å². The highest BCUT2D eigenvalue weighted by Crippen LogP contribution is 2.45. The molecule has 4 rings (SSSR count). The molecule has 0 aromatic heterocycles. The van der Waals surface area contributed by atoms with Crippen LogP contribution in [0.4, 0.5) is 4.79 Å². The third kappa shape index (κ3) is 8.97. The van der Waals surface area contributed by atoms with Crippen molar-refractivity contribution in [1.29, 1.82) is 0 Å². The maximum atomic E-state index is 13.7. The summed E-state index contributed by atoms with van der Waals surface area (Å²) < 4.78 is 5.78. The van der Waals surface area contributed by atoms with Gasteiger partial charge in [-0.1, -0.05) is 68.4 Å². The number of alkyl carbamates (subject to hydrolysis) is 1. The number of aliphatic hydroxyl groups excluding tert-OH is 1. The van der Waals surface area contributed by atoms with Crippen molar-refractivity contribution in [3.63, 3.8) is 0 Å². The molecule has 0 spiro atoms. The second-order valence-electron chi connectivity index (χ2n) is 11.6. The number of carbonyl (C=O) groups is 3. The highest BCUT2D eigenvalue weighted by Gasteiger charge is 2.42. The molecule has 2 aromatic rings. The van der Waals surface area contributed by atoms with Gasteiger partial charge in [0.15, 0.2) is 6.10 Å². The smallest absolute Gasteiger partial charge is 0.407 e. The van der Waals surface area contributed by atoms with E-state index in [4.69, 9.17) is 4.74 Å². The van der Waals surface area contributed by atoms with Crippen LogP contribution in [-0.4, -0.2) is 63.8 Å². The predicted molar refractivity (Wildman–Crippen MR) is 161 cm³/mol. The van der Waals surface area contributed by atoms with Crippen molar-refractivity contribution in [2.75, 3.05) is 12.4 Å². The number of thioether (sulfide) groups is 1. The minimum atomic E-state index is -1.56. The fourth-order valence-corrected chi connectivity index (χ4v) is 6.48. The molecule has 3 unspecified atom stereocenters. The fraction of sp³-hybridized carbons (Fsp3) is 0.531. The molecule has 5 atom stereocenters. The Hall–Kier alpha value is -3.04. The summed E-state index contributed by atoms with van der Waals surface area (Å²) in [7, 11) is 0. The first-order valence-electron chi connectivity index (χ1n) is 14.6. The lowest BCUT2D eigenvalue weighted by Crippen LogP contribution is -2.54. The largest absolute Gasteiger partial charge is 0.446 e. The van der Waals surface area contributed by atoms with Crippen LogP contribution in [0.3, 0.4) is 0 Å². The molecule has 3 amide bonds. The van der Waals surface area contributed by atoms with Gasteiger partial charge in [-0.2, -0.15) is 0 Å². The number of benzene rings is 2. The lowest BCUT2D eigenvalue weighted by Gasteiger charge is -2.30. The van der Waals surface area contributed by atoms with Crippen molar-refractivity contribution in [3.8, 4) is 0 Å². The second-order valence-corrected chi connectivity index (χ2v) is 13.1. The van der Waals surface area contributed by atoms with E-state index in [-0.39, 0.29) is 36.1 Å². The van der Waals surface area contributed by atoms with Gasteiger partial charge in [0.2, 0.25) is 5.91 Å². The quantitative estimate of drug-likeness (QED) is 0.302. The second kappa shape index (κ2) is 14.7. The first-order valence-corrected chi connectivity index (χ1v) is 15.6. The first-order chi connectivity index (χ1) is 19.7. The number of ether oxygens (including phenoxy) is 1. The number of nitrogens with one attached hydrogen (secondary N) is 2. The van der Waals surface area contributed by atoms with E-state index in [1.807, 2.05) is 75.4 Å². The van der Waals surface area contributed by atoms with Crippen LogP contribution in [-0.2, 0) is 27.3 Å². The maximum Gasteiger partial charge on any atom is 0.407 e. The molecule has 2 saturated carbocycles. The van der Waals surface area contributed by atoms with E-state index < -0.39 is 24.1 Å². The molecule has 222 valence electrons. The zero-order valence-electron chi connectivity index (χ0n) is 24.3. The summed E-state index contributed by atoms with van der Waals surface area (Å²) in [5, 5.41) is 17.2. The van der Waals surface area contributed by atoms with Gasteiger partial charge in [0, 0.05) is 11.8 Å². The van der Waals surface area contributed by atoms with Crippen LogP contribution in [0, 0.1) is 18.8 Å². The Morgan fingerprint density at radius 2 is 1.78 bits per heavy atom. The number of aliphatic hydroxyl groups is 1. The lowest BCUT2D eigenvalue weighted by atomic mass is 9.98. The first kappa shape index (κ1) is 30.9. The van der Waals surface area contributed by atoms with Crippen LogP contribution < -0.4 is 10.6 Å². The summed E-state index contributed by atoms with van der Waals surface area (Å²) in [5.41, 5.74) is 2.93. The van der Waals surface area contributed by atoms with Gasteiger partial charge < -0.3 is 25.4 Å². The van der Waals surface area contributed by atoms with Gasteiger partial charge in [-0.15, -0.1) is 11.8 Å². The number of rotatable bonds is 13. The minimum absolute atomic E-state index is 0.116. The zero-order chi connectivity index (χ0) is 29.4. The van der Waals surface area contributed by atoms with Gasteiger partial charge in [0.05, 0.1) is 11.9 Å². The molecule has 2 aliphatic carbocycles. The molecule has 0 saturated heterocycles. The Bertz CT molecular complexity index is 1180. The van der Waals surface area contributed by atoms with Crippen molar-refractivity contribution in [2.24, 2.45) is 11.8 Å². The molecule has 2 aliphatic rings. The molecule has 8 nitrogen and oxygen atoms in total. The average Bonchev–Trinajstić information content (AvgIpc) is 3.57. The van der Waals surface area contributed by atoms with E-state index in [1.54, 1.807) is 0 Å². The van der Waals surface area contributed by atoms with E-state index >= 15 is 0 Å². The van der Waals surface area contributed by atoms with Gasteiger partial charge in [-0.05, 0) is 67.6 Å². The van der Waals surface area contributed by atoms with Gasteiger partial charge in [0.25, 0.3) is 5.91 Å². The highest BCUT2D eigenvalue weighted by atomic mass is 32.2. The van der Waals surface area contributed by atoms with Crippen molar-refractivity contribution in [3.05, 3.63) is 71.3 Å². The van der Waals surface area contributed by atoms with Gasteiger partial charge in [-0.3, -0.25) is 9.59 Å². The van der Waals surface area contributed by atoms with Gasteiger partial charge in [0.1, 0.15) is 12.6 Å². The number of carbonyl (C=O) groups excluding carboxylic acids is 3. The van der Waals surface area contributed by atoms with Crippen LogP contribution in [0.5, 0.6) is 0 Å². The Balaban J connectivity index is 1.43. The number of aryl methyl sites for hydroxylation is 1. The molecular formula is C32H43N3O5S. The lowest BCUT2D eigenvalue weighted by molar-refractivity contribution is -0.143. The Labute approximate surface area is 247 Å². The molecule has 0 aliphatic heterocycles. The predicted octanol–water partition coefficient (Wildman–Crippen LogP) is 4.43. The van der Waals surface area contributed by atoms with E-state index in [0.29, 0.717) is 18.4 Å². The van der Waals surface area contributed by atoms with Crippen molar-refractivity contribution in [2.45, 2.75) is 82.9 Å². The topological polar surface area (TPSA) is 108 Å². The SMILES string of the molecule is Cc1ccccc1CNC(=O)CN(CSC(C)C)C(=O)[C@@H](O)[C@H](Cc1ccccc1)NC(=O)OC1CC2CCC1C2. The third-order valence-corrected chi connectivity index (χ3v) is 9.24. The number of fused-ring (bicyclic) bond motifs is 2. The molecule has 2 bridgehead atoms. The van der Waals surface area contributed by atoms with Crippen molar-refractivity contribution >= 4 is 29.7 Å². The zero-order valence-corrected chi connectivity index (χ0v) is 25.1. The fourth-order valence-electron chi connectivity index (χ4n) is 5.78. The Morgan fingerprint density at radius 1 is 1.05 bits per heavy atom. The van der Waals surface area contributed by atoms with E-state index in [1.165, 1.54) is 23.1 Å². The van der Waals surface area contributed by atoms with Crippen LogP contribution in [0.2, 0.25) is 0 Å². The molecule has 3 N–H and O–H groups in total. The van der Waals surface area contributed by atoms with Gasteiger partial charge in [-0.25, -0.2) is 4.79 Å². The van der Waals surface area contributed by atoms with Gasteiger partial charge >= 0.3 is 6.09 Å². The van der Waals surface area contributed by atoms with Crippen molar-refractivity contribution in [1.82, 2.24) is 15.5 Å². The number of hydrogen-bond donors (Lipinski definition) is 3. The minimum Gasteiger partial charge on any atom is -0.446 e. The maximum absolute atomic E-state index is 13.7. The molecule has 9 heteroatoms. The normalized spacial score (nSPS) is 20.9. The Kier molecular flexibility index (Phi) is 11.1.